The fourth-order valence-corrected chi connectivity index (χ4v) is 4.78. The Kier molecular flexibility index (Phi) is 5.69. The number of hydrogen-bond donors (Lipinski definition) is 2. The summed E-state index contributed by atoms with van der Waals surface area (Å²) in [6.45, 7) is 0. The van der Waals surface area contributed by atoms with E-state index in [2.05, 4.69) is 10.6 Å². The van der Waals surface area contributed by atoms with Crippen LogP contribution in [0.4, 0.5) is 20.2 Å². The Balaban J connectivity index is 1.59. The molecular formula is C27H24F2N2O3. The Morgan fingerprint density at radius 1 is 0.824 bits per heavy atom. The van der Waals surface area contributed by atoms with E-state index in [4.69, 9.17) is 9.47 Å². The van der Waals surface area contributed by atoms with E-state index in [0.717, 1.165) is 34.8 Å². The third-order valence-corrected chi connectivity index (χ3v) is 6.46. The Hall–Kier alpha value is -3.87. The lowest BCUT2D eigenvalue weighted by atomic mass is 9.78. The van der Waals surface area contributed by atoms with Crippen molar-refractivity contribution in [2.45, 2.75) is 24.8 Å². The highest BCUT2D eigenvalue weighted by Gasteiger charge is 2.36. The minimum atomic E-state index is -0.946. The van der Waals surface area contributed by atoms with Gasteiger partial charge in [0.05, 0.1) is 31.6 Å². The minimum absolute atomic E-state index is 0.0522. The summed E-state index contributed by atoms with van der Waals surface area (Å²) in [5.41, 5.74) is 4.36. The number of benzene rings is 3. The number of carbonyl (C=O) groups is 1. The van der Waals surface area contributed by atoms with Crippen molar-refractivity contribution in [1.82, 2.24) is 0 Å². The lowest BCUT2D eigenvalue weighted by molar-refractivity contribution is -0.116. The number of nitrogens with one attached hydrogen (secondary N) is 2. The van der Waals surface area contributed by atoms with Crippen molar-refractivity contribution in [3.8, 4) is 11.5 Å². The molecule has 0 saturated heterocycles. The molecule has 0 bridgehead atoms. The molecule has 0 unspecified atom stereocenters. The Morgan fingerprint density at radius 2 is 1.56 bits per heavy atom. The number of methoxy groups -OCH3 is 2. The zero-order valence-electron chi connectivity index (χ0n) is 18.8. The molecule has 7 heteroatoms. The van der Waals surface area contributed by atoms with Gasteiger partial charge in [0.1, 0.15) is 0 Å². The Morgan fingerprint density at radius 3 is 2.29 bits per heavy atom. The van der Waals surface area contributed by atoms with Gasteiger partial charge in [-0.25, -0.2) is 8.78 Å². The predicted molar refractivity (Wildman–Crippen MR) is 126 cm³/mol. The average Bonchev–Trinajstić information content (AvgIpc) is 3.02. The number of ether oxygens (including phenoxy) is 2. The maximum absolute atomic E-state index is 14.1. The van der Waals surface area contributed by atoms with Gasteiger partial charge >= 0.3 is 0 Å². The zero-order chi connectivity index (χ0) is 23.8. The molecule has 2 atom stereocenters. The molecule has 174 valence electrons. The van der Waals surface area contributed by atoms with E-state index in [1.807, 2.05) is 42.5 Å². The predicted octanol–water partition coefficient (Wildman–Crippen LogP) is 5.96. The van der Waals surface area contributed by atoms with Crippen LogP contribution in [0.5, 0.6) is 11.5 Å². The van der Waals surface area contributed by atoms with Gasteiger partial charge < -0.3 is 20.1 Å². The molecular weight excluding hydrogens is 438 g/mol. The van der Waals surface area contributed by atoms with Gasteiger partial charge in [-0.15, -0.1) is 0 Å². The van der Waals surface area contributed by atoms with Gasteiger partial charge in [0.15, 0.2) is 28.9 Å². The first kappa shape index (κ1) is 21.9. The van der Waals surface area contributed by atoms with Crippen LogP contribution in [0.15, 0.2) is 71.9 Å². The molecule has 0 spiro atoms. The third kappa shape index (κ3) is 3.87. The highest BCUT2D eigenvalue weighted by atomic mass is 19.2. The molecule has 5 nitrogen and oxygen atoms in total. The number of carbonyl (C=O) groups excluding carboxylic acids is 1. The van der Waals surface area contributed by atoms with Crippen molar-refractivity contribution in [3.63, 3.8) is 0 Å². The quantitative estimate of drug-likeness (QED) is 0.501. The molecule has 0 amide bonds. The number of para-hydroxylation sites is 2. The van der Waals surface area contributed by atoms with Crippen LogP contribution < -0.4 is 20.1 Å². The van der Waals surface area contributed by atoms with Crippen molar-refractivity contribution >= 4 is 17.2 Å². The van der Waals surface area contributed by atoms with Crippen LogP contribution in [0.25, 0.3) is 0 Å². The molecule has 2 N–H and O–H groups in total. The zero-order valence-corrected chi connectivity index (χ0v) is 18.8. The van der Waals surface area contributed by atoms with Gasteiger partial charge in [0.2, 0.25) is 0 Å². The summed E-state index contributed by atoms with van der Waals surface area (Å²) in [6, 6.07) is 16.4. The highest BCUT2D eigenvalue weighted by Crippen LogP contribution is 2.45. The van der Waals surface area contributed by atoms with Crippen molar-refractivity contribution in [2.24, 2.45) is 0 Å². The molecule has 0 saturated carbocycles. The molecule has 2 aliphatic rings. The normalized spacial score (nSPS) is 19.4. The van der Waals surface area contributed by atoms with Crippen LogP contribution in [0.2, 0.25) is 0 Å². The van der Waals surface area contributed by atoms with E-state index in [9.17, 15) is 13.6 Å². The summed E-state index contributed by atoms with van der Waals surface area (Å²) in [5, 5.41) is 6.81. The molecule has 1 heterocycles. The first-order valence-electron chi connectivity index (χ1n) is 11.0. The van der Waals surface area contributed by atoms with Gasteiger partial charge in [-0.05, 0) is 59.9 Å². The van der Waals surface area contributed by atoms with E-state index >= 15 is 0 Å². The van der Waals surface area contributed by atoms with E-state index < -0.39 is 17.7 Å². The fourth-order valence-electron chi connectivity index (χ4n) is 4.78. The van der Waals surface area contributed by atoms with Crippen LogP contribution >= 0.6 is 0 Å². The number of anilines is 2. The molecule has 0 fully saturated rings. The highest BCUT2D eigenvalue weighted by molar-refractivity contribution is 6.01. The fraction of sp³-hybridized carbons (Fsp3) is 0.222. The smallest absolute Gasteiger partial charge is 0.163 e. The average molecular weight is 462 g/mol. The summed E-state index contributed by atoms with van der Waals surface area (Å²) in [6.07, 6.45) is 0.862. The van der Waals surface area contributed by atoms with E-state index in [1.165, 1.54) is 6.07 Å². The van der Waals surface area contributed by atoms with E-state index in [-0.39, 0.29) is 18.1 Å². The van der Waals surface area contributed by atoms with Gasteiger partial charge in [-0.2, -0.15) is 0 Å². The van der Waals surface area contributed by atoms with Crippen molar-refractivity contribution in [2.75, 3.05) is 24.9 Å². The Labute approximate surface area is 196 Å². The number of Topliss-reactive ketones (excluding diaryl/α,β-unsaturated/α-hetero) is 1. The topological polar surface area (TPSA) is 59.6 Å². The number of allylic oxidation sites excluding steroid dienone is 1. The number of hydrogen-bond acceptors (Lipinski definition) is 5. The maximum atomic E-state index is 14.1. The van der Waals surface area contributed by atoms with E-state index in [1.54, 1.807) is 14.2 Å². The SMILES string of the molecule is COc1ccc([C@@H]2CC(=O)C3=C(C2)Nc2ccccc2N[C@@H]3c2ccc(F)c(F)c2)cc1OC. The Bertz CT molecular complexity index is 1300. The largest absolute Gasteiger partial charge is 0.493 e. The van der Waals surface area contributed by atoms with Crippen molar-refractivity contribution in [3.05, 3.63) is 94.7 Å². The lowest BCUT2D eigenvalue weighted by Gasteiger charge is -2.30. The van der Waals surface area contributed by atoms with Crippen LogP contribution in [0, 0.1) is 11.6 Å². The van der Waals surface area contributed by atoms with Crippen molar-refractivity contribution in [1.29, 1.82) is 0 Å². The molecule has 5 rings (SSSR count). The molecule has 0 aromatic heterocycles. The van der Waals surface area contributed by atoms with Crippen molar-refractivity contribution < 1.29 is 23.0 Å². The van der Waals surface area contributed by atoms with Gasteiger partial charge in [0.25, 0.3) is 0 Å². The van der Waals surface area contributed by atoms with Crippen LogP contribution in [0.3, 0.4) is 0 Å². The summed E-state index contributed by atoms with van der Waals surface area (Å²) in [4.78, 5) is 13.6. The van der Waals surface area contributed by atoms with Crippen LogP contribution in [-0.4, -0.2) is 20.0 Å². The number of rotatable bonds is 4. The summed E-state index contributed by atoms with van der Waals surface area (Å²) in [5.74, 6) is -0.768. The molecule has 1 aliphatic carbocycles. The second kappa shape index (κ2) is 8.82. The minimum Gasteiger partial charge on any atom is -0.493 e. The number of fused-ring (bicyclic) bond motifs is 1. The number of halogens is 2. The first-order valence-corrected chi connectivity index (χ1v) is 11.0. The van der Waals surface area contributed by atoms with Crippen LogP contribution in [0.1, 0.15) is 35.9 Å². The monoisotopic (exact) mass is 462 g/mol. The first-order chi connectivity index (χ1) is 16.5. The molecule has 3 aromatic carbocycles. The molecule has 34 heavy (non-hydrogen) atoms. The van der Waals surface area contributed by atoms with E-state index in [0.29, 0.717) is 29.1 Å². The third-order valence-electron chi connectivity index (χ3n) is 6.46. The maximum Gasteiger partial charge on any atom is 0.163 e. The summed E-state index contributed by atoms with van der Waals surface area (Å²) < 4.78 is 38.6. The lowest BCUT2D eigenvalue weighted by Crippen LogP contribution is -2.27. The van der Waals surface area contributed by atoms with Gasteiger partial charge in [-0.3, -0.25) is 4.79 Å². The summed E-state index contributed by atoms with van der Waals surface area (Å²) >= 11 is 0. The molecule has 0 radical (unpaired) electrons. The second-order valence-electron chi connectivity index (χ2n) is 8.46. The second-order valence-corrected chi connectivity index (χ2v) is 8.46. The van der Waals surface area contributed by atoms with Crippen LogP contribution in [-0.2, 0) is 4.79 Å². The summed E-state index contributed by atoms with van der Waals surface area (Å²) in [7, 11) is 3.16. The standard InChI is InChI=1S/C27H24F2N2O3/c1-33-24-10-8-15(14-25(24)34-2)17-12-22-26(23(32)13-17)27(16-7-9-18(28)19(29)11-16)31-21-6-4-3-5-20(21)30-22/h3-11,14,17,27,30-31H,12-13H2,1-2H3/t17-,27+/m0/s1. The van der Waals surface area contributed by atoms with Gasteiger partial charge in [0, 0.05) is 17.7 Å². The number of ketones is 1. The molecule has 1 aliphatic heterocycles. The van der Waals surface area contributed by atoms with Gasteiger partial charge in [-0.1, -0.05) is 24.3 Å². The molecule has 3 aromatic rings.